The molecule has 1 aliphatic rings. The molecule has 1 aromatic heterocycles. The Morgan fingerprint density at radius 1 is 1.16 bits per heavy atom. The normalized spacial score (nSPS) is 18.8. The first-order chi connectivity index (χ1) is 12.3. The number of nitrogens with zero attached hydrogens (tertiary/aromatic N) is 1. The van der Waals surface area contributed by atoms with Crippen LogP contribution < -0.4 is 0 Å². The van der Waals surface area contributed by atoms with Crippen molar-refractivity contribution in [3.63, 3.8) is 0 Å². The Morgan fingerprint density at radius 2 is 2.00 bits per heavy atom. The quantitative estimate of drug-likeness (QED) is 0.704. The number of nitrogens with one attached hydrogen (secondary N) is 1. The van der Waals surface area contributed by atoms with Gasteiger partial charge in [0.2, 0.25) is 0 Å². The summed E-state index contributed by atoms with van der Waals surface area (Å²) < 4.78 is 5.18. The molecule has 4 nitrogen and oxygen atoms in total. The van der Waals surface area contributed by atoms with Crippen molar-refractivity contribution in [3.8, 4) is 22.4 Å². The van der Waals surface area contributed by atoms with E-state index in [4.69, 9.17) is 4.74 Å². The van der Waals surface area contributed by atoms with E-state index in [-0.39, 0.29) is 17.8 Å². The average molecular weight is 332 g/mol. The van der Waals surface area contributed by atoms with Gasteiger partial charge in [0, 0.05) is 11.8 Å². The highest BCUT2D eigenvalue weighted by Crippen LogP contribution is 2.51. The summed E-state index contributed by atoms with van der Waals surface area (Å²) in [6.45, 7) is 2.28. The van der Waals surface area contributed by atoms with Gasteiger partial charge in [-0.2, -0.15) is 5.10 Å². The molecule has 1 fully saturated rings. The van der Waals surface area contributed by atoms with Crippen LogP contribution in [0.5, 0.6) is 0 Å². The second kappa shape index (κ2) is 6.55. The van der Waals surface area contributed by atoms with Crippen LogP contribution in [0.25, 0.3) is 22.4 Å². The maximum absolute atomic E-state index is 12.0. The summed E-state index contributed by atoms with van der Waals surface area (Å²) in [4.78, 5) is 12.0. The minimum absolute atomic E-state index is 0.0276. The van der Waals surface area contributed by atoms with Crippen LogP contribution in [0.2, 0.25) is 0 Å². The molecule has 1 heterocycles. The third-order valence-electron chi connectivity index (χ3n) is 4.72. The van der Waals surface area contributed by atoms with Crippen molar-refractivity contribution in [2.75, 3.05) is 6.61 Å². The lowest BCUT2D eigenvalue weighted by Crippen LogP contribution is -2.07. The summed E-state index contributed by atoms with van der Waals surface area (Å²) in [5.41, 5.74) is 5.48. The predicted octanol–water partition coefficient (Wildman–Crippen LogP) is 4.41. The van der Waals surface area contributed by atoms with Crippen LogP contribution in [0, 0.1) is 5.92 Å². The summed E-state index contributed by atoms with van der Waals surface area (Å²) in [5, 5.41) is 7.24. The van der Waals surface area contributed by atoms with Crippen molar-refractivity contribution in [3.05, 3.63) is 66.4 Å². The van der Waals surface area contributed by atoms with Gasteiger partial charge in [0.1, 0.15) is 0 Å². The molecule has 4 heteroatoms. The number of rotatable bonds is 5. The van der Waals surface area contributed by atoms with Crippen molar-refractivity contribution >= 4 is 5.97 Å². The summed E-state index contributed by atoms with van der Waals surface area (Å²) in [6, 6.07) is 18.7. The topological polar surface area (TPSA) is 55.0 Å². The third-order valence-corrected chi connectivity index (χ3v) is 4.72. The maximum atomic E-state index is 12.0. The van der Waals surface area contributed by atoms with Crippen molar-refractivity contribution in [2.45, 2.75) is 19.3 Å². The van der Waals surface area contributed by atoms with Crippen LogP contribution in [0.4, 0.5) is 0 Å². The molecular weight excluding hydrogens is 312 g/mol. The van der Waals surface area contributed by atoms with E-state index >= 15 is 0 Å². The zero-order chi connectivity index (χ0) is 17.2. The van der Waals surface area contributed by atoms with Crippen LogP contribution in [0.1, 0.15) is 24.8 Å². The molecule has 1 saturated carbocycles. The molecule has 2 atom stereocenters. The van der Waals surface area contributed by atoms with Crippen molar-refractivity contribution in [1.82, 2.24) is 10.2 Å². The predicted molar refractivity (Wildman–Crippen MR) is 96.9 cm³/mol. The fourth-order valence-electron chi connectivity index (χ4n) is 3.37. The first kappa shape index (κ1) is 15.6. The molecule has 1 aliphatic carbocycles. The number of carbonyl (C=O) groups excluding carboxylic acids is 1. The van der Waals surface area contributed by atoms with E-state index in [2.05, 4.69) is 40.5 Å². The van der Waals surface area contributed by atoms with E-state index in [0.29, 0.717) is 6.61 Å². The molecule has 25 heavy (non-hydrogen) atoms. The molecule has 126 valence electrons. The number of hydrogen-bond donors (Lipinski definition) is 1. The lowest BCUT2D eigenvalue weighted by molar-refractivity contribution is -0.144. The third kappa shape index (κ3) is 3.07. The number of hydrogen-bond acceptors (Lipinski definition) is 3. The minimum Gasteiger partial charge on any atom is -0.466 e. The number of aromatic amines is 1. The molecule has 1 N–H and O–H groups in total. The number of esters is 1. The molecular formula is C21H20N2O2. The number of H-pyrrole nitrogens is 1. The smallest absolute Gasteiger partial charge is 0.309 e. The van der Waals surface area contributed by atoms with E-state index in [0.717, 1.165) is 23.2 Å². The van der Waals surface area contributed by atoms with Gasteiger partial charge < -0.3 is 4.74 Å². The van der Waals surface area contributed by atoms with Gasteiger partial charge in [-0.1, -0.05) is 42.5 Å². The maximum Gasteiger partial charge on any atom is 0.309 e. The Hall–Kier alpha value is -2.88. The van der Waals surface area contributed by atoms with Gasteiger partial charge in [0.25, 0.3) is 0 Å². The van der Waals surface area contributed by atoms with E-state index < -0.39 is 0 Å². The molecule has 2 unspecified atom stereocenters. The molecule has 4 rings (SSSR count). The second-order valence-electron chi connectivity index (χ2n) is 6.33. The highest BCUT2D eigenvalue weighted by atomic mass is 16.5. The van der Waals surface area contributed by atoms with Crippen LogP contribution in [-0.2, 0) is 9.53 Å². The van der Waals surface area contributed by atoms with Gasteiger partial charge >= 0.3 is 5.97 Å². The molecule has 2 aromatic carbocycles. The number of aromatic nitrogens is 2. The van der Waals surface area contributed by atoms with Gasteiger partial charge in [-0.05, 0) is 48.1 Å². The van der Waals surface area contributed by atoms with Crippen LogP contribution >= 0.6 is 0 Å². The fourth-order valence-corrected chi connectivity index (χ4v) is 3.37. The van der Waals surface area contributed by atoms with Gasteiger partial charge in [-0.25, -0.2) is 0 Å². The van der Waals surface area contributed by atoms with Gasteiger partial charge in [-0.15, -0.1) is 0 Å². The first-order valence-corrected chi connectivity index (χ1v) is 8.64. The molecule has 0 amide bonds. The lowest BCUT2D eigenvalue weighted by atomic mass is 9.94. The van der Waals surface area contributed by atoms with Gasteiger partial charge in [-0.3, -0.25) is 9.89 Å². The molecule has 0 saturated heterocycles. The van der Waals surface area contributed by atoms with Gasteiger partial charge in [0.05, 0.1) is 18.2 Å². The highest BCUT2D eigenvalue weighted by Gasteiger charge is 2.46. The Labute approximate surface area is 146 Å². The monoisotopic (exact) mass is 332 g/mol. The van der Waals surface area contributed by atoms with Crippen molar-refractivity contribution in [1.29, 1.82) is 0 Å². The second-order valence-corrected chi connectivity index (χ2v) is 6.33. The van der Waals surface area contributed by atoms with Gasteiger partial charge in [0.15, 0.2) is 0 Å². The Morgan fingerprint density at radius 3 is 2.72 bits per heavy atom. The van der Waals surface area contributed by atoms with Crippen LogP contribution in [0.15, 0.2) is 60.8 Å². The highest BCUT2D eigenvalue weighted by molar-refractivity contribution is 5.80. The standard InChI is InChI=1S/C21H20N2O2/c1-2-25-21(24)19-13-17(19)16-9-8-15(14-6-4-3-5-7-14)12-18(16)20-10-11-22-23-20/h3-12,17,19H,2,13H2,1H3,(H,22,23). The summed E-state index contributed by atoms with van der Waals surface area (Å²) in [5.74, 6) is 0.100. The Bertz CT molecular complexity index is 872. The Balaban J connectivity index is 1.72. The Kier molecular flexibility index (Phi) is 4.10. The van der Waals surface area contributed by atoms with E-state index in [1.165, 1.54) is 11.1 Å². The SMILES string of the molecule is CCOC(=O)C1CC1c1ccc(-c2ccccc2)cc1-c1cc[nH]n1. The number of carbonyl (C=O) groups is 1. The molecule has 0 bridgehead atoms. The molecule has 0 aliphatic heterocycles. The summed E-state index contributed by atoms with van der Waals surface area (Å²) in [7, 11) is 0. The summed E-state index contributed by atoms with van der Waals surface area (Å²) in [6.07, 6.45) is 2.67. The molecule has 3 aromatic rings. The number of ether oxygens (including phenoxy) is 1. The van der Waals surface area contributed by atoms with Crippen LogP contribution in [-0.4, -0.2) is 22.8 Å². The van der Waals surface area contributed by atoms with Crippen LogP contribution in [0.3, 0.4) is 0 Å². The largest absolute Gasteiger partial charge is 0.466 e. The fraction of sp³-hybridized carbons (Fsp3) is 0.238. The number of benzene rings is 2. The van der Waals surface area contributed by atoms with E-state index in [1.54, 1.807) is 0 Å². The van der Waals surface area contributed by atoms with E-state index in [1.807, 2.05) is 37.4 Å². The van der Waals surface area contributed by atoms with Crippen molar-refractivity contribution in [2.24, 2.45) is 5.92 Å². The van der Waals surface area contributed by atoms with E-state index in [9.17, 15) is 4.79 Å². The summed E-state index contributed by atoms with van der Waals surface area (Å²) >= 11 is 0. The lowest BCUT2D eigenvalue weighted by Gasteiger charge is -2.11. The zero-order valence-corrected chi connectivity index (χ0v) is 14.1. The first-order valence-electron chi connectivity index (χ1n) is 8.64. The van der Waals surface area contributed by atoms with Crippen molar-refractivity contribution < 1.29 is 9.53 Å². The minimum atomic E-state index is -0.0902. The zero-order valence-electron chi connectivity index (χ0n) is 14.1. The molecule has 0 spiro atoms. The molecule has 0 radical (unpaired) electrons. The average Bonchev–Trinajstić information content (AvgIpc) is 3.27.